The number of nitrogens with one attached hydrogen (secondary N) is 3. The van der Waals surface area contributed by atoms with Gasteiger partial charge in [-0.15, -0.1) is 0 Å². The van der Waals surface area contributed by atoms with Crippen molar-refractivity contribution in [3.8, 4) is 0 Å². The van der Waals surface area contributed by atoms with Gasteiger partial charge in [0.25, 0.3) is 5.91 Å². The van der Waals surface area contributed by atoms with Crippen molar-refractivity contribution < 1.29 is 142 Å². The molecule has 0 aromatic heterocycles. The number of nitrogens with two attached hydrogens (primary N) is 2. The van der Waals surface area contributed by atoms with Crippen molar-refractivity contribution in [2.45, 2.75) is 200 Å². The third-order valence-electron chi connectivity index (χ3n) is 13.3. The molecule has 0 saturated carbocycles. The number of rotatable bonds is 17. The molecule has 0 bridgehead atoms. The first-order chi connectivity index (χ1) is 36.0. The molecule has 34 nitrogen and oxygen atoms in total. The monoisotopic (exact) mass is 1120 g/mol. The van der Waals surface area contributed by atoms with Crippen molar-refractivity contribution in [2.24, 2.45) is 11.5 Å². The zero-order chi connectivity index (χ0) is 57.3. The molecule has 77 heavy (non-hydrogen) atoms. The first kappa shape index (κ1) is 61.3. The van der Waals surface area contributed by atoms with Gasteiger partial charge in [-0.25, -0.2) is 4.79 Å². The summed E-state index contributed by atoms with van der Waals surface area (Å²) < 4.78 is 63.0. The fraction of sp³-hybridized carbons (Fsp3) is 0.791. The number of Topliss-reactive ketones (excluding diaryl/α,β-unsaturated/α-hetero) is 1. The minimum absolute atomic E-state index is 0.0986. The van der Waals surface area contributed by atoms with Crippen molar-refractivity contribution in [3.05, 3.63) is 11.5 Å². The Bertz CT molecular complexity index is 2210. The molecule has 5 saturated heterocycles. The molecule has 0 aromatic carbocycles. The molecule has 34 heteroatoms. The third kappa shape index (κ3) is 13.4. The summed E-state index contributed by atoms with van der Waals surface area (Å²) >= 11 is 0. The summed E-state index contributed by atoms with van der Waals surface area (Å²) in [5.41, 5.74) is 7.52. The Hall–Kier alpha value is -4.93. The van der Waals surface area contributed by atoms with Crippen LogP contribution in [-0.2, 0) is 80.9 Å². The maximum Gasteiger partial charge on any atom is 0.404 e. The topological polar surface area (TPSA) is 532 Å². The van der Waals surface area contributed by atoms with Gasteiger partial charge in [0, 0.05) is 33.6 Å². The minimum atomic E-state index is -2.64. The van der Waals surface area contributed by atoms with Gasteiger partial charge in [0.2, 0.25) is 17.7 Å². The van der Waals surface area contributed by atoms with Crippen LogP contribution in [0.1, 0.15) is 47.5 Å². The Balaban J connectivity index is 1.33. The number of primary amides is 2. The van der Waals surface area contributed by atoms with Gasteiger partial charge < -0.3 is 136 Å². The third-order valence-corrected chi connectivity index (χ3v) is 13.3. The van der Waals surface area contributed by atoms with Gasteiger partial charge in [-0.05, 0) is 13.8 Å². The summed E-state index contributed by atoms with van der Waals surface area (Å²) in [7, 11) is 0. The van der Waals surface area contributed by atoms with E-state index in [0.717, 1.165) is 27.7 Å². The maximum absolute atomic E-state index is 13.2. The fourth-order valence-electron chi connectivity index (χ4n) is 9.55. The van der Waals surface area contributed by atoms with Crippen LogP contribution < -0.4 is 27.4 Å². The lowest BCUT2D eigenvalue weighted by Gasteiger charge is -2.51. The van der Waals surface area contributed by atoms with Gasteiger partial charge in [0.1, 0.15) is 96.3 Å². The number of carbonyl (C=O) groups excluding carboxylic acids is 7. The average Bonchev–Trinajstić information content (AvgIpc) is 3.66. The van der Waals surface area contributed by atoms with Crippen LogP contribution in [0.15, 0.2) is 11.5 Å². The molecule has 1 aliphatic carbocycles. The highest BCUT2D eigenvalue weighted by Gasteiger charge is 2.61. The molecule has 5 heterocycles. The van der Waals surface area contributed by atoms with Crippen molar-refractivity contribution in [2.75, 3.05) is 13.2 Å². The van der Waals surface area contributed by atoms with Crippen LogP contribution in [0.25, 0.3) is 0 Å². The maximum atomic E-state index is 13.2. The number of esters is 1. The minimum Gasteiger partial charge on any atom is -0.510 e. The van der Waals surface area contributed by atoms with Crippen molar-refractivity contribution in [3.63, 3.8) is 0 Å². The second-order valence-electron chi connectivity index (χ2n) is 19.1. The van der Waals surface area contributed by atoms with E-state index in [1.165, 1.54) is 6.92 Å². The van der Waals surface area contributed by atoms with Crippen molar-refractivity contribution in [1.82, 2.24) is 16.0 Å². The van der Waals surface area contributed by atoms with Crippen LogP contribution in [0, 0.1) is 0 Å². The number of ether oxygens (including phenoxy) is 11. The number of hydrogen-bond donors (Lipinski definition) is 16. The number of ketones is 1. The van der Waals surface area contributed by atoms with E-state index in [4.69, 9.17) is 63.6 Å². The van der Waals surface area contributed by atoms with Crippen LogP contribution in [0.2, 0.25) is 0 Å². The van der Waals surface area contributed by atoms with Gasteiger partial charge >= 0.3 is 12.1 Å². The van der Waals surface area contributed by atoms with E-state index < -0.39 is 219 Å². The Morgan fingerprint density at radius 1 is 0.662 bits per heavy atom. The number of hydrogen-bond acceptors (Lipinski definition) is 29. The molecule has 0 radical (unpaired) electrons. The highest BCUT2D eigenvalue weighted by molar-refractivity contribution is 6.02. The lowest BCUT2D eigenvalue weighted by molar-refractivity contribution is -0.376. The second kappa shape index (κ2) is 25.0. The van der Waals surface area contributed by atoms with E-state index in [9.17, 15) is 89.7 Å². The van der Waals surface area contributed by atoms with Crippen LogP contribution in [0.4, 0.5) is 4.79 Å². The normalized spacial score (nSPS) is 43.4. The van der Waals surface area contributed by atoms with Crippen LogP contribution in [-0.4, -0.2) is 264 Å². The van der Waals surface area contributed by atoms with E-state index in [-0.39, 0.29) is 12.8 Å². The summed E-state index contributed by atoms with van der Waals surface area (Å²) in [6.45, 7) is 3.17. The molecule has 0 aromatic rings. The summed E-state index contributed by atoms with van der Waals surface area (Å²) in [6.07, 6.45) is -45.6. The second-order valence-corrected chi connectivity index (χ2v) is 19.1. The fourth-order valence-corrected chi connectivity index (χ4v) is 9.55. The molecular weight excluding hydrogens is 1050 g/mol. The lowest BCUT2D eigenvalue weighted by atomic mass is 9.85. The highest BCUT2D eigenvalue weighted by Crippen LogP contribution is 2.38. The van der Waals surface area contributed by atoms with Crippen molar-refractivity contribution in [1.29, 1.82) is 0 Å². The van der Waals surface area contributed by atoms with Crippen LogP contribution in [0.5, 0.6) is 0 Å². The van der Waals surface area contributed by atoms with E-state index in [2.05, 4.69) is 16.0 Å². The molecule has 5 fully saturated rings. The van der Waals surface area contributed by atoms with Gasteiger partial charge in [0.05, 0.1) is 19.3 Å². The lowest BCUT2D eigenvalue weighted by Crippen LogP contribution is -2.72. The van der Waals surface area contributed by atoms with E-state index in [1.807, 2.05) is 0 Å². The summed E-state index contributed by atoms with van der Waals surface area (Å²) in [5.74, 6) is -6.52. The van der Waals surface area contributed by atoms with Crippen LogP contribution in [0.3, 0.4) is 0 Å². The largest absolute Gasteiger partial charge is 0.510 e. The van der Waals surface area contributed by atoms with E-state index in [1.54, 1.807) is 0 Å². The molecule has 5 amide bonds. The van der Waals surface area contributed by atoms with Crippen LogP contribution >= 0.6 is 0 Å². The Morgan fingerprint density at radius 2 is 1.23 bits per heavy atom. The molecule has 5 aliphatic heterocycles. The predicted molar refractivity (Wildman–Crippen MR) is 238 cm³/mol. The number of aliphatic hydroxyl groups is 11. The summed E-state index contributed by atoms with van der Waals surface area (Å²) in [6, 6.07) is -3.69. The molecule has 0 spiro atoms. The van der Waals surface area contributed by atoms with Gasteiger partial charge in [0.15, 0.2) is 67.8 Å². The zero-order valence-electron chi connectivity index (χ0n) is 41.6. The smallest absolute Gasteiger partial charge is 0.404 e. The summed E-state index contributed by atoms with van der Waals surface area (Å²) in [4.78, 5) is 87.7. The first-order valence-electron chi connectivity index (χ1n) is 23.8. The molecule has 18 N–H and O–H groups in total. The molecule has 6 aliphatic rings. The Kier molecular flexibility index (Phi) is 19.9. The Morgan fingerprint density at radius 3 is 1.78 bits per heavy atom. The van der Waals surface area contributed by atoms with E-state index in [0.29, 0.717) is 0 Å². The molecular formula is C43H65N5O29. The van der Waals surface area contributed by atoms with E-state index >= 15 is 0 Å². The standard InChI is InChI=1S/C43H65N5O29/c1-10-28(72-40-27(61)24(58)26(60)30(74-40)36(63)48-18-14(53)6-7-15(18)54)22(56)19(46-11(2)50)38(68-10)73-29-17(9-67-41-31(69-13(4)52)25(59)21(55)16(8-49)70-41)71-39(20(23(29)57)47-12(3)51)75-32-33(77-42(45)65)43(5,66)34(35(44)62)76-37(32)64/h10,16-17,19-34,37-41,49,53,55-61,64,66H,6-9H2,1-5H3,(H2,44,62)(H2,45,65)(H,46,50)(H,47,51)(H,48,63)/t10?,16?,17?,19?,20?,21-,22-,23-,24+,25+,26-,27?,28-,29-,30?,31?,32?,33-,34?,37+,38+,39+,40-,41-,43+/m1/s1. The number of aliphatic hydroxyl groups excluding tert-OH is 10. The predicted octanol–water partition coefficient (Wildman–Crippen LogP) is -9.80. The quantitative estimate of drug-likeness (QED) is 0.0601. The van der Waals surface area contributed by atoms with Gasteiger partial charge in [-0.3, -0.25) is 28.8 Å². The molecule has 436 valence electrons. The van der Waals surface area contributed by atoms with Gasteiger partial charge in [-0.2, -0.15) is 0 Å². The SMILES string of the molecule is CC(=O)NC1[C@H](O[C@@H]2C(CO[C@@H]3OC(CO)[C@@H](O)[C@H](O)C3OC(C)=O)O[C@@H](OC3[C@@H](OC(N)=O)[C@](C)(O)C(C(N)=O)O[C@@H]3O)C(NC(C)=O)[C@H]2O)OC(C)[C@@H](O[C@@H]2OC(C(=O)NC3=C(O)CCC3=O)[C@H](O)[C@H](O)C2O)[C@@H]1O. The van der Waals surface area contributed by atoms with Gasteiger partial charge in [-0.1, -0.05) is 0 Å². The summed E-state index contributed by atoms with van der Waals surface area (Å²) in [5, 5.41) is 128. The average molecular weight is 1120 g/mol. The number of amides is 5. The molecule has 6 rings (SSSR count). The first-order valence-corrected chi connectivity index (χ1v) is 23.8. The zero-order valence-corrected chi connectivity index (χ0v) is 41.6. The molecule has 10 unspecified atom stereocenters. The number of carbonyl (C=O) groups is 7. The van der Waals surface area contributed by atoms with Crippen molar-refractivity contribution >= 4 is 41.5 Å². The molecule has 25 atom stereocenters. The number of allylic oxidation sites excluding steroid dienone is 2. The highest BCUT2D eigenvalue weighted by atomic mass is 16.8. The Labute approximate surface area is 435 Å².